The minimum Gasteiger partial charge on any atom is -0.323 e. The highest BCUT2D eigenvalue weighted by Gasteiger charge is 2.53. The molecule has 0 aliphatic heterocycles. The van der Waals surface area contributed by atoms with Gasteiger partial charge in [0.2, 0.25) is 0 Å². The van der Waals surface area contributed by atoms with Crippen molar-refractivity contribution in [2.24, 2.45) is 23.5 Å². The molecule has 3 atom stereocenters. The quantitative estimate of drug-likeness (QED) is 0.837. The second-order valence-corrected chi connectivity index (χ2v) is 6.60. The van der Waals surface area contributed by atoms with E-state index in [2.05, 4.69) is 6.07 Å². The van der Waals surface area contributed by atoms with Gasteiger partial charge >= 0.3 is 0 Å². The zero-order valence-electron chi connectivity index (χ0n) is 8.66. The lowest BCUT2D eigenvalue weighted by molar-refractivity contribution is 0.480. The molecule has 3 heteroatoms. The van der Waals surface area contributed by atoms with Crippen molar-refractivity contribution in [1.29, 1.82) is 0 Å². The number of rotatable bonds is 2. The van der Waals surface area contributed by atoms with Gasteiger partial charge in [0.15, 0.2) is 0 Å². The smallest absolute Gasteiger partial charge is 0.0931 e. The van der Waals surface area contributed by atoms with Gasteiger partial charge in [-0.05, 0) is 42.7 Å². The van der Waals surface area contributed by atoms with Gasteiger partial charge < -0.3 is 5.73 Å². The van der Waals surface area contributed by atoms with E-state index in [1.54, 1.807) is 11.3 Å². The lowest BCUT2D eigenvalue weighted by Crippen LogP contribution is -2.12. The van der Waals surface area contributed by atoms with Crippen LogP contribution in [0.1, 0.15) is 36.6 Å². The molecule has 3 unspecified atom stereocenters. The van der Waals surface area contributed by atoms with E-state index < -0.39 is 0 Å². The van der Waals surface area contributed by atoms with Crippen LogP contribution < -0.4 is 5.73 Å². The molecule has 3 rings (SSSR count). The Labute approximate surface area is 99.6 Å². The van der Waals surface area contributed by atoms with Crippen LogP contribution in [0.5, 0.6) is 0 Å². The Bertz CT molecular complexity index is 350. The molecule has 0 spiro atoms. The van der Waals surface area contributed by atoms with E-state index in [1.807, 2.05) is 6.07 Å². The molecule has 0 bridgehead atoms. The Morgan fingerprint density at radius 1 is 1.27 bits per heavy atom. The van der Waals surface area contributed by atoms with Crippen LogP contribution in [0, 0.1) is 17.8 Å². The number of nitrogens with two attached hydrogens (primary N) is 1. The fourth-order valence-corrected chi connectivity index (χ4v) is 4.40. The Balaban J connectivity index is 1.73. The van der Waals surface area contributed by atoms with Crippen molar-refractivity contribution in [2.75, 3.05) is 0 Å². The number of halogens is 1. The summed E-state index contributed by atoms with van der Waals surface area (Å²) < 4.78 is 0.865. The summed E-state index contributed by atoms with van der Waals surface area (Å²) in [6.45, 7) is 0. The van der Waals surface area contributed by atoms with E-state index in [0.29, 0.717) is 0 Å². The molecule has 82 valence electrons. The molecule has 1 aromatic heterocycles. The van der Waals surface area contributed by atoms with Crippen LogP contribution in [-0.4, -0.2) is 0 Å². The highest BCUT2D eigenvalue weighted by Crippen LogP contribution is 2.60. The van der Waals surface area contributed by atoms with Gasteiger partial charge in [-0.1, -0.05) is 24.4 Å². The fraction of sp³-hybridized carbons (Fsp3) is 0.667. The Morgan fingerprint density at radius 3 is 2.47 bits per heavy atom. The first-order valence-corrected chi connectivity index (χ1v) is 6.97. The average molecular weight is 242 g/mol. The Kier molecular flexibility index (Phi) is 2.54. The summed E-state index contributed by atoms with van der Waals surface area (Å²) in [6.07, 6.45) is 5.63. The van der Waals surface area contributed by atoms with Crippen molar-refractivity contribution in [3.63, 3.8) is 0 Å². The van der Waals surface area contributed by atoms with Gasteiger partial charge in [0, 0.05) is 10.9 Å². The van der Waals surface area contributed by atoms with Crippen molar-refractivity contribution in [3.8, 4) is 0 Å². The maximum absolute atomic E-state index is 6.33. The Hall–Kier alpha value is -0.0500. The second-order valence-electron chi connectivity index (χ2n) is 4.86. The van der Waals surface area contributed by atoms with Gasteiger partial charge in [0.1, 0.15) is 0 Å². The summed E-state index contributed by atoms with van der Waals surface area (Å²) in [7, 11) is 0. The largest absolute Gasteiger partial charge is 0.323 e. The predicted molar refractivity (Wildman–Crippen MR) is 65.2 cm³/mol. The maximum atomic E-state index is 6.33. The van der Waals surface area contributed by atoms with E-state index >= 15 is 0 Å². The number of hydrogen-bond acceptors (Lipinski definition) is 2. The monoisotopic (exact) mass is 241 g/mol. The molecule has 0 radical (unpaired) electrons. The second kappa shape index (κ2) is 3.76. The SMILES string of the molecule is NC(c1ccc(Cl)s1)C1C2CCCCC21. The third-order valence-corrected chi connectivity index (χ3v) is 5.39. The van der Waals surface area contributed by atoms with Crippen LogP contribution in [-0.2, 0) is 0 Å². The highest BCUT2D eigenvalue weighted by atomic mass is 35.5. The molecular weight excluding hydrogens is 226 g/mol. The van der Waals surface area contributed by atoms with Gasteiger partial charge in [-0.25, -0.2) is 0 Å². The topological polar surface area (TPSA) is 26.0 Å². The minimum absolute atomic E-state index is 0.246. The third kappa shape index (κ3) is 1.73. The summed E-state index contributed by atoms with van der Waals surface area (Å²) in [6, 6.07) is 4.31. The minimum atomic E-state index is 0.246. The highest BCUT2D eigenvalue weighted by molar-refractivity contribution is 7.16. The summed E-state index contributed by atoms with van der Waals surface area (Å²) in [5, 5.41) is 0. The number of thiophene rings is 1. The van der Waals surface area contributed by atoms with Crippen LogP contribution >= 0.6 is 22.9 Å². The first-order chi connectivity index (χ1) is 7.27. The molecule has 2 N–H and O–H groups in total. The summed E-state index contributed by atoms with van der Waals surface area (Å²) in [5.41, 5.74) is 6.33. The van der Waals surface area contributed by atoms with Gasteiger partial charge in [0.05, 0.1) is 4.34 Å². The normalized spacial score (nSPS) is 36.0. The molecule has 0 saturated heterocycles. The number of fused-ring (bicyclic) bond motifs is 1. The maximum Gasteiger partial charge on any atom is 0.0931 e. The van der Waals surface area contributed by atoms with Crippen LogP contribution in [0.4, 0.5) is 0 Å². The third-order valence-electron chi connectivity index (χ3n) is 4.06. The predicted octanol–water partition coefficient (Wildman–Crippen LogP) is 3.84. The fourth-order valence-electron chi connectivity index (χ4n) is 3.28. The molecule has 0 amide bonds. The molecule has 1 heterocycles. The molecule has 2 saturated carbocycles. The van der Waals surface area contributed by atoms with Gasteiger partial charge in [-0.2, -0.15) is 0 Å². The van der Waals surface area contributed by atoms with Crippen molar-refractivity contribution in [3.05, 3.63) is 21.3 Å². The zero-order chi connectivity index (χ0) is 10.4. The van der Waals surface area contributed by atoms with E-state index in [4.69, 9.17) is 17.3 Å². The van der Waals surface area contributed by atoms with Crippen LogP contribution in [0.2, 0.25) is 4.34 Å². The molecular formula is C12H16ClNS. The van der Waals surface area contributed by atoms with Gasteiger partial charge in [0.25, 0.3) is 0 Å². The molecule has 2 aliphatic rings. The molecule has 15 heavy (non-hydrogen) atoms. The van der Waals surface area contributed by atoms with Crippen molar-refractivity contribution >= 4 is 22.9 Å². The lowest BCUT2D eigenvalue weighted by Gasteiger charge is -2.08. The van der Waals surface area contributed by atoms with Crippen molar-refractivity contribution in [2.45, 2.75) is 31.7 Å². The standard InChI is InChI=1S/C12H16ClNS/c13-10-6-5-9(15-10)12(14)11-7-3-1-2-4-8(7)11/h5-8,11-12H,1-4,14H2. The molecule has 0 aromatic carbocycles. The molecule has 2 fully saturated rings. The number of hydrogen-bond donors (Lipinski definition) is 1. The van der Waals surface area contributed by atoms with E-state index in [1.165, 1.54) is 30.6 Å². The first kappa shape index (κ1) is 10.1. The molecule has 2 aliphatic carbocycles. The van der Waals surface area contributed by atoms with Crippen LogP contribution in [0.15, 0.2) is 12.1 Å². The van der Waals surface area contributed by atoms with Crippen molar-refractivity contribution in [1.82, 2.24) is 0 Å². The van der Waals surface area contributed by atoms with Crippen LogP contribution in [0.25, 0.3) is 0 Å². The van der Waals surface area contributed by atoms with Gasteiger partial charge in [-0.3, -0.25) is 0 Å². The van der Waals surface area contributed by atoms with Crippen LogP contribution in [0.3, 0.4) is 0 Å². The molecule has 1 aromatic rings. The van der Waals surface area contributed by atoms with Crippen molar-refractivity contribution < 1.29 is 0 Å². The summed E-state index contributed by atoms with van der Waals surface area (Å²) >= 11 is 7.60. The Morgan fingerprint density at radius 2 is 1.93 bits per heavy atom. The zero-order valence-corrected chi connectivity index (χ0v) is 10.2. The van der Waals surface area contributed by atoms with E-state index in [0.717, 1.165) is 22.1 Å². The van der Waals surface area contributed by atoms with E-state index in [9.17, 15) is 0 Å². The lowest BCUT2D eigenvalue weighted by atomic mass is 10.0. The first-order valence-electron chi connectivity index (χ1n) is 5.78. The van der Waals surface area contributed by atoms with Gasteiger partial charge in [-0.15, -0.1) is 11.3 Å². The summed E-state index contributed by atoms with van der Waals surface area (Å²) in [5.74, 6) is 2.60. The van der Waals surface area contributed by atoms with E-state index in [-0.39, 0.29) is 6.04 Å². The summed E-state index contributed by atoms with van der Waals surface area (Å²) in [4.78, 5) is 1.28. The average Bonchev–Trinajstić information content (AvgIpc) is 2.82. The molecule has 1 nitrogen and oxygen atoms in total.